The summed E-state index contributed by atoms with van der Waals surface area (Å²) in [6.07, 6.45) is 1.77. The van der Waals surface area contributed by atoms with Gasteiger partial charge in [0.15, 0.2) is 5.96 Å². The Kier molecular flexibility index (Phi) is 14.8. The number of hydrogen-bond acceptors (Lipinski definition) is 4. The summed E-state index contributed by atoms with van der Waals surface area (Å²) in [7, 11) is 1.66. The van der Waals surface area contributed by atoms with Crippen LogP contribution in [0, 0.1) is 0 Å². The number of halogens is 1. The molecule has 1 aromatic carbocycles. The van der Waals surface area contributed by atoms with Crippen LogP contribution in [0.3, 0.4) is 0 Å². The highest BCUT2D eigenvalue weighted by Crippen LogP contribution is 2.11. The Hall–Kier alpha value is -1.06. The van der Waals surface area contributed by atoms with Crippen LogP contribution in [0.5, 0.6) is 5.75 Å². The summed E-state index contributed by atoms with van der Waals surface area (Å²) in [5, 5.41) is 3.06. The number of methoxy groups -OCH3 is 1. The Labute approximate surface area is 162 Å². The maximum absolute atomic E-state index is 5.77. The minimum Gasteiger partial charge on any atom is -0.497 e. The first-order chi connectivity index (χ1) is 11.3. The van der Waals surface area contributed by atoms with Crippen molar-refractivity contribution in [1.29, 1.82) is 0 Å². The molecule has 7 heteroatoms. The van der Waals surface area contributed by atoms with E-state index in [9.17, 15) is 0 Å². The van der Waals surface area contributed by atoms with Gasteiger partial charge in [0.25, 0.3) is 0 Å². The highest BCUT2D eigenvalue weighted by molar-refractivity contribution is 14.0. The second-order valence-corrected chi connectivity index (χ2v) is 5.00. The van der Waals surface area contributed by atoms with Gasteiger partial charge in [-0.2, -0.15) is 0 Å². The number of rotatable bonds is 12. The molecule has 0 fully saturated rings. The van der Waals surface area contributed by atoms with Crippen LogP contribution in [0.1, 0.15) is 25.3 Å². The third kappa shape index (κ3) is 11.5. The number of guanidine groups is 1. The zero-order valence-corrected chi connectivity index (χ0v) is 17.0. The van der Waals surface area contributed by atoms with Gasteiger partial charge >= 0.3 is 0 Å². The largest absolute Gasteiger partial charge is 0.497 e. The van der Waals surface area contributed by atoms with Crippen LogP contribution in [0.2, 0.25) is 0 Å². The number of ether oxygens (including phenoxy) is 3. The highest BCUT2D eigenvalue weighted by Gasteiger charge is 1.96. The molecule has 0 saturated heterocycles. The van der Waals surface area contributed by atoms with E-state index in [4.69, 9.17) is 19.9 Å². The van der Waals surface area contributed by atoms with E-state index in [-0.39, 0.29) is 24.0 Å². The molecule has 6 nitrogen and oxygen atoms in total. The standard InChI is InChI=1S/C17H29N3O3.HI/c1-3-22-12-4-10-19-17(18)20-11-5-13-23-14-15-6-8-16(21-2)9-7-15;/h6-9H,3-5,10-14H2,1-2H3,(H3,18,19,20);1H. The van der Waals surface area contributed by atoms with Crippen molar-refractivity contribution in [1.82, 2.24) is 5.32 Å². The smallest absolute Gasteiger partial charge is 0.188 e. The Morgan fingerprint density at radius 2 is 1.83 bits per heavy atom. The molecule has 1 rings (SSSR count). The van der Waals surface area contributed by atoms with E-state index in [2.05, 4.69) is 10.3 Å². The monoisotopic (exact) mass is 451 g/mol. The van der Waals surface area contributed by atoms with E-state index >= 15 is 0 Å². The number of nitrogens with two attached hydrogens (primary N) is 1. The molecule has 0 amide bonds. The van der Waals surface area contributed by atoms with Crippen molar-refractivity contribution in [3.05, 3.63) is 29.8 Å². The molecule has 0 bridgehead atoms. The van der Waals surface area contributed by atoms with Crippen molar-refractivity contribution in [3.8, 4) is 5.75 Å². The van der Waals surface area contributed by atoms with Gasteiger partial charge in [-0.25, -0.2) is 0 Å². The molecule has 0 unspecified atom stereocenters. The van der Waals surface area contributed by atoms with Gasteiger partial charge in [-0.05, 0) is 37.5 Å². The molecular formula is C17H30IN3O3. The minimum atomic E-state index is 0. The van der Waals surface area contributed by atoms with Gasteiger partial charge in [0.1, 0.15) is 5.75 Å². The first-order valence-electron chi connectivity index (χ1n) is 8.08. The van der Waals surface area contributed by atoms with Gasteiger partial charge in [-0.3, -0.25) is 4.99 Å². The predicted octanol–water partition coefficient (Wildman–Crippen LogP) is 2.55. The summed E-state index contributed by atoms with van der Waals surface area (Å²) in [4.78, 5) is 4.26. The zero-order chi connectivity index (χ0) is 16.8. The molecule has 24 heavy (non-hydrogen) atoms. The number of aliphatic imine (C=N–C) groups is 1. The topological polar surface area (TPSA) is 78.1 Å². The van der Waals surface area contributed by atoms with Crippen molar-refractivity contribution >= 4 is 29.9 Å². The van der Waals surface area contributed by atoms with Crippen molar-refractivity contribution < 1.29 is 14.2 Å². The van der Waals surface area contributed by atoms with Crippen molar-refractivity contribution in [3.63, 3.8) is 0 Å². The molecule has 0 spiro atoms. The Morgan fingerprint density at radius 1 is 1.12 bits per heavy atom. The summed E-state index contributed by atoms with van der Waals surface area (Å²) in [6.45, 7) is 6.18. The normalized spacial score (nSPS) is 11.0. The molecule has 0 radical (unpaired) electrons. The number of nitrogens with one attached hydrogen (secondary N) is 1. The zero-order valence-electron chi connectivity index (χ0n) is 14.6. The molecule has 1 aromatic rings. The van der Waals surface area contributed by atoms with Gasteiger partial charge in [-0.15, -0.1) is 24.0 Å². The second kappa shape index (κ2) is 15.5. The molecule has 0 aliphatic heterocycles. The summed E-state index contributed by atoms with van der Waals surface area (Å²) >= 11 is 0. The fourth-order valence-electron chi connectivity index (χ4n) is 1.87. The fraction of sp³-hybridized carbons (Fsp3) is 0.588. The molecular weight excluding hydrogens is 421 g/mol. The maximum atomic E-state index is 5.77. The molecule has 138 valence electrons. The maximum Gasteiger partial charge on any atom is 0.188 e. The van der Waals surface area contributed by atoms with Crippen molar-refractivity contribution in [2.45, 2.75) is 26.4 Å². The lowest BCUT2D eigenvalue weighted by atomic mass is 10.2. The van der Waals surface area contributed by atoms with Crippen LogP contribution in [-0.2, 0) is 16.1 Å². The lowest BCUT2D eigenvalue weighted by molar-refractivity contribution is 0.120. The third-order valence-corrected chi connectivity index (χ3v) is 3.13. The Balaban J connectivity index is 0.00000529. The van der Waals surface area contributed by atoms with E-state index in [0.717, 1.165) is 43.9 Å². The first kappa shape index (κ1) is 22.9. The number of nitrogens with zero attached hydrogens (tertiary/aromatic N) is 1. The summed E-state index contributed by atoms with van der Waals surface area (Å²) in [6, 6.07) is 7.87. The van der Waals surface area contributed by atoms with E-state index in [1.165, 1.54) is 0 Å². The first-order valence-corrected chi connectivity index (χ1v) is 8.08. The van der Waals surface area contributed by atoms with Crippen LogP contribution in [0.4, 0.5) is 0 Å². The lowest BCUT2D eigenvalue weighted by Gasteiger charge is -2.06. The van der Waals surface area contributed by atoms with Crippen LogP contribution >= 0.6 is 24.0 Å². The lowest BCUT2D eigenvalue weighted by Crippen LogP contribution is -2.33. The molecule has 0 saturated carbocycles. The number of hydrogen-bond donors (Lipinski definition) is 2. The van der Waals surface area contributed by atoms with E-state index < -0.39 is 0 Å². The average molecular weight is 451 g/mol. The molecule has 0 aromatic heterocycles. The van der Waals surface area contributed by atoms with Gasteiger partial charge in [-0.1, -0.05) is 12.1 Å². The fourth-order valence-corrected chi connectivity index (χ4v) is 1.87. The van der Waals surface area contributed by atoms with E-state index in [1.807, 2.05) is 31.2 Å². The molecule has 3 N–H and O–H groups in total. The van der Waals surface area contributed by atoms with Crippen molar-refractivity contribution in [2.75, 3.05) is 40.0 Å². The summed E-state index contributed by atoms with van der Waals surface area (Å²) < 4.78 is 16.0. The Bertz CT molecular complexity index is 441. The van der Waals surface area contributed by atoms with Crippen LogP contribution in [0.15, 0.2) is 29.3 Å². The Morgan fingerprint density at radius 3 is 2.50 bits per heavy atom. The highest BCUT2D eigenvalue weighted by atomic mass is 127. The quantitative estimate of drug-likeness (QED) is 0.221. The van der Waals surface area contributed by atoms with Crippen LogP contribution in [-0.4, -0.2) is 46.0 Å². The van der Waals surface area contributed by atoms with Gasteiger partial charge in [0.2, 0.25) is 0 Å². The predicted molar refractivity (Wildman–Crippen MR) is 108 cm³/mol. The minimum absolute atomic E-state index is 0. The second-order valence-electron chi connectivity index (χ2n) is 5.00. The van der Waals surface area contributed by atoms with Gasteiger partial charge in [0.05, 0.1) is 13.7 Å². The molecule has 0 heterocycles. The van der Waals surface area contributed by atoms with Crippen LogP contribution < -0.4 is 15.8 Å². The molecule has 0 aliphatic carbocycles. The molecule has 0 aliphatic rings. The van der Waals surface area contributed by atoms with E-state index in [1.54, 1.807) is 7.11 Å². The molecule has 0 atom stereocenters. The van der Waals surface area contributed by atoms with Gasteiger partial charge < -0.3 is 25.3 Å². The van der Waals surface area contributed by atoms with Crippen LogP contribution in [0.25, 0.3) is 0 Å². The SMILES string of the molecule is CCOCCCNC(N)=NCCCOCc1ccc(OC)cc1.I. The third-order valence-electron chi connectivity index (χ3n) is 3.13. The summed E-state index contributed by atoms with van der Waals surface area (Å²) in [5.74, 6) is 1.34. The number of benzene rings is 1. The summed E-state index contributed by atoms with van der Waals surface area (Å²) in [5.41, 5.74) is 6.90. The average Bonchev–Trinajstić information content (AvgIpc) is 2.58. The van der Waals surface area contributed by atoms with E-state index in [0.29, 0.717) is 25.7 Å². The van der Waals surface area contributed by atoms with Crippen molar-refractivity contribution in [2.24, 2.45) is 10.7 Å². The van der Waals surface area contributed by atoms with Gasteiger partial charge in [0, 0.05) is 32.9 Å².